The Morgan fingerprint density at radius 3 is 2.46 bits per heavy atom. The van der Waals surface area contributed by atoms with Crippen LogP contribution in [0.25, 0.3) is 11.3 Å². The molecule has 0 saturated carbocycles. The van der Waals surface area contributed by atoms with Crippen molar-refractivity contribution in [3.8, 4) is 11.3 Å². The summed E-state index contributed by atoms with van der Waals surface area (Å²) in [6, 6.07) is 12.6. The van der Waals surface area contributed by atoms with E-state index >= 15 is 0 Å². The first kappa shape index (κ1) is 16.4. The first-order valence-corrected chi connectivity index (χ1v) is 8.80. The summed E-state index contributed by atoms with van der Waals surface area (Å²) in [5.41, 5.74) is 11.3. The summed E-state index contributed by atoms with van der Waals surface area (Å²) in [6.45, 7) is 8.47. The molecule has 0 fully saturated rings. The number of hydrogen-bond donors (Lipinski definition) is 1. The number of benzene rings is 2. The Morgan fingerprint density at radius 1 is 1.00 bits per heavy atom. The highest BCUT2D eigenvalue weighted by atomic mass is 32.1. The van der Waals surface area contributed by atoms with Gasteiger partial charge >= 0.3 is 0 Å². The Balaban J connectivity index is 1.77. The molecule has 0 saturated heterocycles. The Morgan fingerprint density at radius 2 is 1.75 bits per heavy atom. The van der Waals surface area contributed by atoms with Gasteiger partial charge in [-0.3, -0.25) is 5.43 Å². The van der Waals surface area contributed by atoms with Crippen molar-refractivity contribution in [1.29, 1.82) is 0 Å². The molecule has 122 valence electrons. The van der Waals surface area contributed by atoms with Gasteiger partial charge in [0.15, 0.2) is 0 Å². The summed E-state index contributed by atoms with van der Waals surface area (Å²) in [5.74, 6) is 0. The van der Waals surface area contributed by atoms with Gasteiger partial charge in [0.05, 0.1) is 11.9 Å². The minimum atomic E-state index is 0.799. The topological polar surface area (TPSA) is 37.3 Å². The van der Waals surface area contributed by atoms with Crippen LogP contribution in [0, 0.1) is 27.7 Å². The fraction of sp³-hybridized carbons (Fsp3) is 0.200. The number of rotatable bonds is 4. The number of aryl methyl sites for hydroxylation is 4. The molecule has 0 bridgehead atoms. The van der Waals surface area contributed by atoms with E-state index < -0.39 is 0 Å². The number of hydrogen-bond acceptors (Lipinski definition) is 4. The molecule has 0 atom stereocenters. The second kappa shape index (κ2) is 6.97. The van der Waals surface area contributed by atoms with Crippen molar-refractivity contribution in [2.45, 2.75) is 27.7 Å². The normalized spacial score (nSPS) is 11.2. The van der Waals surface area contributed by atoms with Gasteiger partial charge in [0.2, 0.25) is 5.13 Å². The highest BCUT2D eigenvalue weighted by Gasteiger charge is 2.10. The van der Waals surface area contributed by atoms with Gasteiger partial charge in [-0.25, -0.2) is 4.98 Å². The zero-order valence-electron chi connectivity index (χ0n) is 14.4. The smallest absolute Gasteiger partial charge is 0.203 e. The van der Waals surface area contributed by atoms with Crippen molar-refractivity contribution in [1.82, 2.24) is 4.98 Å². The van der Waals surface area contributed by atoms with E-state index in [2.05, 4.69) is 72.9 Å². The van der Waals surface area contributed by atoms with Gasteiger partial charge in [-0.1, -0.05) is 47.5 Å². The summed E-state index contributed by atoms with van der Waals surface area (Å²) in [7, 11) is 0. The van der Waals surface area contributed by atoms with Crippen LogP contribution in [0.15, 0.2) is 46.9 Å². The number of nitrogens with one attached hydrogen (secondary N) is 1. The van der Waals surface area contributed by atoms with E-state index in [1.807, 2.05) is 18.3 Å². The van der Waals surface area contributed by atoms with Crippen molar-refractivity contribution >= 4 is 22.7 Å². The number of hydrazone groups is 1. The molecule has 0 spiro atoms. The van der Waals surface area contributed by atoms with Crippen LogP contribution >= 0.6 is 11.3 Å². The summed E-state index contributed by atoms with van der Waals surface area (Å²) >= 11 is 1.57. The van der Waals surface area contributed by atoms with Crippen LogP contribution < -0.4 is 5.43 Å². The maximum atomic E-state index is 4.67. The number of aromatic nitrogens is 1. The Labute approximate surface area is 147 Å². The standard InChI is InChI=1S/C20H21N3S/c1-13-6-5-7-17(10-13)11-21-23-20-22-18(12-24-20)19-15(3)8-14(2)9-16(19)4/h5-12H,1-4H3,(H,22,23)/b21-11-. The molecule has 24 heavy (non-hydrogen) atoms. The molecule has 4 heteroatoms. The number of thiazole rings is 1. The Hall–Kier alpha value is -2.46. The molecular weight excluding hydrogens is 314 g/mol. The molecule has 3 aromatic rings. The molecule has 0 amide bonds. The quantitative estimate of drug-likeness (QED) is 0.505. The molecule has 0 aliphatic heterocycles. The SMILES string of the molecule is Cc1cccc(/C=N\Nc2nc(-c3c(C)cc(C)cc3C)cs2)c1. The predicted molar refractivity (Wildman–Crippen MR) is 104 cm³/mol. The third-order valence-corrected chi connectivity index (χ3v) is 4.60. The molecule has 0 unspecified atom stereocenters. The van der Waals surface area contributed by atoms with Crippen LogP contribution in [-0.2, 0) is 0 Å². The van der Waals surface area contributed by atoms with Crippen molar-refractivity contribution < 1.29 is 0 Å². The lowest BCUT2D eigenvalue weighted by Gasteiger charge is -2.08. The lowest BCUT2D eigenvalue weighted by molar-refractivity contribution is 1.26. The van der Waals surface area contributed by atoms with Crippen molar-refractivity contribution in [2.24, 2.45) is 5.10 Å². The highest BCUT2D eigenvalue weighted by Crippen LogP contribution is 2.30. The highest BCUT2D eigenvalue weighted by molar-refractivity contribution is 7.14. The van der Waals surface area contributed by atoms with E-state index in [0.717, 1.165) is 16.4 Å². The average Bonchev–Trinajstić information content (AvgIpc) is 2.95. The van der Waals surface area contributed by atoms with Crippen LogP contribution in [-0.4, -0.2) is 11.2 Å². The van der Waals surface area contributed by atoms with E-state index in [1.165, 1.54) is 27.8 Å². The van der Waals surface area contributed by atoms with E-state index in [0.29, 0.717) is 0 Å². The molecule has 3 nitrogen and oxygen atoms in total. The van der Waals surface area contributed by atoms with Gasteiger partial charge in [0, 0.05) is 10.9 Å². The predicted octanol–water partition coefficient (Wildman–Crippen LogP) is 5.49. The zero-order chi connectivity index (χ0) is 17.1. The molecule has 0 radical (unpaired) electrons. The average molecular weight is 335 g/mol. The zero-order valence-corrected chi connectivity index (χ0v) is 15.2. The maximum absolute atomic E-state index is 4.67. The maximum Gasteiger partial charge on any atom is 0.203 e. The molecule has 3 rings (SSSR count). The molecule has 0 aliphatic rings. The van der Waals surface area contributed by atoms with Gasteiger partial charge in [0.1, 0.15) is 0 Å². The Bertz CT molecular complexity index is 870. The minimum Gasteiger partial charge on any atom is -0.253 e. The van der Waals surface area contributed by atoms with Crippen LogP contribution in [0.4, 0.5) is 5.13 Å². The summed E-state index contributed by atoms with van der Waals surface area (Å²) in [5, 5.41) is 7.17. The van der Waals surface area contributed by atoms with E-state index in [-0.39, 0.29) is 0 Å². The van der Waals surface area contributed by atoms with Crippen LogP contribution in [0.2, 0.25) is 0 Å². The molecular formula is C20H21N3S. The first-order chi connectivity index (χ1) is 11.5. The number of nitrogens with zero attached hydrogens (tertiary/aromatic N) is 2. The van der Waals surface area contributed by atoms with Gasteiger partial charge in [-0.05, 0) is 44.4 Å². The van der Waals surface area contributed by atoms with E-state index in [4.69, 9.17) is 0 Å². The Kier molecular flexibility index (Phi) is 4.76. The monoisotopic (exact) mass is 335 g/mol. The van der Waals surface area contributed by atoms with Crippen molar-refractivity contribution in [2.75, 3.05) is 5.43 Å². The molecule has 0 aliphatic carbocycles. The van der Waals surface area contributed by atoms with Crippen molar-refractivity contribution in [3.63, 3.8) is 0 Å². The summed E-state index contributed by atoms with van der Waals surface area (Å²) in [4.78, 5) is 4.67. The van der Waals surface area contributed by atoms with Crippen LogP contribution in [0.5, 0.6) is 0 Å². The van der Waals surface area contributed by atoms with Gasteiger partial charge in [-0.2, -0.15) is 5.10 Å². The van der Waals surface area contributed by atoms with E-state index in [1.54, 1.807) is 11.3 Å². The second-order valence-corrected chi connectivity index (χ2v) is 6.95. The van der Waals surface area contributed by atoms with Gasteiger partial charge in [-0.15, -0.1) is 11.3 Å². The largest absolute Gasteiger partial charge is 0.253 e. The molecule has 2 aromatic carbocycles. The fourth-order valence-electron chi connectivity index (χ4n) is 2.94. The third-order valence-electron chi connectivity index (χ3n) is 3.85. The second-order valence-electron chi connectivity index (χ2n) is 6.10. The fourth-order valence-corrected chi connectivity index (χ4v) is 3.59. The number of anilines is 1. The van der Waals surface area contributed by atoms with E-state index in [9.17, 15) is 0 Å². The summed E-state index contributed by atoms with van der Waals surface area (Å²) in [6.07, 6.45) is 1.82. The summed E-state index contributed by atoms with van der Waals surface area (Å²) < 4.78 is 0. The van der Waals surface area contributed by atoms with Crippen LogP contribution in [0.3, 0.4) is 0 Å². The van der Waals surface area contributed by atoms with Gasteiger partial charge < -0.3 is 0 Å². The van der Waals surface area contributed by atoms with Crippen molar-refractivity contribution in [3.05, 3.63) is 69.6 Å². The molecule has 1 N–H and O–H groups in total. The lowest BCUT2D eigenvalue weighted by Crippen LogP contribution is -1.92. The molecule has 1 heterocycles. The lowest BCUT2D eigenvalue weighted by atomic mass is 9.98. The first-order valence-electron chi connectivity index (χ1n) is 7.92. The van der Waals surface area contributed by atoms with Gasteiger partial charge in [0.25, 0.3) is 0 Å². The third kappa shape index (κ3) is 3.71. The molecule has 1 aromatic heterocycles. The minimum absolute atomic E-state index is 0.799. The van der Waals surface area contributed by atoms with Crippen LogP contribution in [0.1, 0.15) is 27.8 Å².